The van der Waals surface area contributed by atoms with Crippen molar-refractivity contribution in [1.82, 2.24) is 0 Å². The number of aliphatic carboxylic acids is 1. The lowest BCUT2D eigenvalue weighted by Crippen LogP contribution is -2.37. The molecule has 6 rings (SSSR count). The number of nitriles is 1. The topological polar surface area (TPSA) is 87.5 Å². The highest BCUT2D eigenvalue weighted by Gasteiger charge is 2.42. The van der Waals surface area contributed by atoms with Gasteiger partial charge in [-0.2, -0.15) is 5.26 Å². The summed E-state index contributed by atoms with van der Waals surface area (Å²) < 4.78 is 0. The van der Waals surface area contributed by atoms with E-state index in [1.54, 1.807) is 6.07 Å². The molecule has 2 aliphatic rings. The van der Waals surface area contributed by atoms with Crippen LogP contribution in [0.25, 0.3) is 17.7 Å². The molecular formula is C39H36N3O3. The van der Waals surface area contributed by atoms with Crippen molar-refractivity contribution < 1.29 is 15.1 Å². The van der Waals surface area contributed by atoms with Crippen LogP contribution in [-0.4, -0.2) is 22.7 Å². The van der Waals surface area contributed by atoms with Crippen LogP contribution in [0.2, 0.25) is 0 Å². The van der Waals surface area contributed by atoms with Crippen LogP contribution in [0.4, 0.5) is 17.1 Å². The molecule has 45 heavy (non-hydrogen) atoms. The Morgan fingerprint density at radius 2 is 1.56 bits per heavy atom. The quantitative estimate of drug-likeness (QED) is 0.0998. The molecule has 0 saturated heterocycles. The van der Waals surface area contributed by atoms with Gasteiger partial charge in [-0.1, -0.05) is 72.3 Å². The summed E-state index contributed by atoms with van der Waals surface area (Å²) in [5.74, 6) is -0.839. The molecule has 4 aromatic carbocycles. The number of carboxylic acids is 1. The van der Waals surface area contributed by atoms with Crippen molar-refractivity contribution in [2.45, 2.75) is 57.5 Å². The van der Waals surface area contributed by atoms with Crippen LogP contribution in [-0.2, 0) is 10.0 Å². The van der Waals surface area contributed by atoms with Crippen LogP contribution in [0.5, 0.6) is 0 Å². The third-order valence-corrected chi connectivity index (χ3v) is 8.77. The number of carboxylic acid groups (broad SMARTS) is 1. The molecule has 1 radical (unpaired) electrons. The summed E-state index contributed by atoms with van der Waals surface area (Å²) in [4.78, 5) is 13.8. The van der Waals surface area contributed by atoms with Gasteiger partial charge in [0.25, 0.3) is 0 Å². The second-order valence-corrected chi connectivity index (χ2v) is 12.8. The van der Waals surface area contributed by atoms with Gasteiger partial charge in [0.15, 0.2) is 0 Å². The minimum Gasteiger partial charge on any atom is -0.477 e. The molecule has 2 unspecified atom stereocenters. The van der Waals surface area contributed by atoms with Gasteiger partial charge in [0.05, 0.1) is 11.2 Å². The van der Waals surface area contributed by atoms with Crippen LogP contribution in [0, 0.1) is 11.3 Å². The van der Waals surface area contributed by atoms with E-state index >= 15 is 0 Å². The van der Waals surface area contributed by atoms with Crippen LogP contribution < -0.4 is 9.96 Å². The first-order chi connectivity index (χ1) is 21.6. The molecule has 2 atom stereocenters. The van der Waals surface area contributed by atoms with Crippen molar-refractivity contribution in [3.8, 4) is 6.07 Å². The molecule has 6 nitrogen and oxygen atoms in total. The maximum Gasteiger partial charge on any atom is 0.346 e. The van der Waals surface area contributed by atoms with Gasteiger partial charge in [-0.15, -0.1) is 0 Å². The van der Waals surface area contributed by atoms with E-state index < -0.39 is 11.5 Å². The second kappa shape index (κ2) is 12.1. The molecule has 0 bridgehead atoms. The molecule has 1 aliphatic carbocycles. The number of anilines is 3. The van der Waals surface area contributed by atoms with E-state index in [-0.39, 0.29) is 5.57 Å². The van der Waals surface area contributed by atoms with Crippen LogP contribution in [0.3, 0.4) is 0 Å². The minimum absolute atomic E-state index is 0.264. The minimum atomic E-state index is -1.21. The first kappa shape index (κ1) is 29.9. The Morgan fingerprint density at radius 1 is 0.889 bits per heavy atom. The van der Waals surface area contributed by atoms with E-state index in [9.17, 15) is 20.4 Å². The number of rotatable bonds is 7. The highest BCUT2D eigenvalue weighted by atomic mass is 16.5. The van der Waals surface area contributed by atoms with Crippen LogP contribution in [0.1, 0.15) is 73.8 Å². The zero-order chi connectivity index (χ0) is 31.7. The Bertz CT molecular complexity index is 1810. The summed E-state index contributed by atoms with van der Waals surface area (Å²) in [7, 11) is 0. The molecule has 1 fully saturated rings. The smallest absolute Gasteiger partial charge is 0.346 e. The van der Waals surface area contributed by atoms with E-state index in [1.165, 1.54) is 11.6 Å². The molecule has 1 N–H and O–H groups in total. The van der Waals surface area contributed by atoms with E-state index in [2.05, 4.69) is 59.5 Å². The number of hydrogen-bond acceptors (Lipinski definition) is 4. The Balaban J connectivity index is 1.33. The van der Waals surface area contributed by atoms with E-state index in [0.29, 0.717) is 17.6 Å². The fraction of sp³-hybridized carbons (Fsp3) is 0.231. The number of benzene rings is 4. The number of hydroxylamine groups is 1. The molecule has 1 aliphatic heterocycles. The fourth-order valence-corrected chi connectivity index (χ4v) is 6.62. The van der Waals surface area contributed by atoms with Crippen molar-refractivity contribution >= 4 is 40.8 Å². The summed E-state index contributed by atoms with van der Waals surface area (Å²) in [5, 5.41) is 32.3. The molecule has 1 saturated carbocycles. The fourth-order valence-electron chi connectivity index (χ4n) is 6.62. The molecular weight excluding hydrogens is 558 g/mol. The summed E-state index contributed by atoms with van der Waals surface area (Å²) in [6, 6.07) is 34.9. The lowest BCUT2D eigenvalue weighted by atomic mass is 9.95. The molecule has 225 valence electrons. The molecule has 1 heterocycles. The number of nitrogens with zero attached hydrogens (tertiary/aromatic N) is 3. The predicted molar refractivity (Wildman–Crippen MR) is 179 cm³/mol. The largest absolute Gasteiger partial charge is 0.477 e. The molecule has 4 aromatic rings. The van der Waals surface area contributed by atoms with E-state index in [4.69, 9.17) is 0 Å². The molecule has 0 spiro atoms. The van der Waals surface area contributed by atoms with Crippen LogP contribution in [0.15, 0.2) is 103 Å². The average molecular weight is 595 g/mol. The standard InChI is InChI=1S/C39H36N3O3/c1-39(2,3)42(45)32-19-15-29(16-20-32)34(28-8-5-4-6-9-28)23-26-12-17-31(18-13-26)41-36-11-7-10-33(36)35-24-27(14-21-37(35)41)22-30(25-40)38(43)44/h4-6,8-9,12-24,33,36H,7,10-11H2,1-3H3,(H,43,44)/b30-22+,34-23+. The highest BCUT2D eigenvalue weighted by molar-refractivity contribution is 5.96. The van der Waals surface area contributed by atoms with Crippen molar-refractivity contribution in [3.05, 3.63) is 130 Å². The first-order valence-electron chi connectivity index (χ1n) is 15.4. The number of carbonyl (C=O) groups is 1. The zero-order valence-corrected chi connectivity index (χ0v) is 25.8. The molecule has 0 aromatic heterocycles. The maximum absolute atomic E-state index is 12.8. The maximum atomic E-state index is 12.8. The van der Waals surface area contributed by atoms with Crippen molar-refractivity contribution in [2.75, 3.05) is 9.96 Å². The zero-order valence-electron chi connectivity index (χ0n) is 25.8. The summed E-state index contributed by atoms with van der Waals surface area (Å²) >= 11 is 0. The highest BCUT2D eigenvalue weighted by Crippen LogP contribution is 2.52. The Hall–Kier alpha value is -5.12. The lowest BCUT2D eigenvalue weighted by Gasteiger charge is -2.28. The van der Waals surface area contributed by atoms with Gasteiger partial charge in [0.2, 0.25) is 0 Å². The Kier molecular flexibility index (Phi) is 8.05. The van der Waals surface area contributed by atoms with Gasteiger partial charge in [-0.25, -0.2) is 9.86 Å². The van der Waals surface area contributed by atoms with Crippen molar-refractivity contribution in [2.24, 2.45) is 0 Å². The van der Waals surface area contributed by atoms with Crippen LogP contribution >= 0.6 is 0 Å². The monoisotopic (exact) mass is 594 g/mol. The number of fused-ring (bicyclic) bond motifs is 3. The second-order valence-electron chi connectivity index (χ2n) is 12.8. The van der Waals surface area contributed by atoms with Gasteiger partial charge < -0.3 is 10.0 Å². The summed E-state index contributed by atoms with van der Waals surface area (Å²) in [5.41, 5.74) is 8.35. The van der Waals surface area contributed by atoms with Gasteiger partial charge in [-0.3, -0.25) is 0 Å². The first-order valence-corrected chi connectivity index (χ1v) is 15.4. The van der Waals surface area contributed by atoms with Gasteiger partial charge >= 0.3 is 5.97 Å². The van der Waals surface area contributed by atoms with Gasteiger partial charge in [0, 0.05) is 23.3 Å². The molecule has 6 heteroatoms. The van der Waals surface area contributed by atoms with Gasteiger partial charge in [-0.05, 0) is 116 Å². The van der Waals surface area contributed by atoms with E-state index in [0.717, 1.165) is 63.5 Å². The molecule has 0 amide bonds. The Labute approximate surface area is 264 Å². The third kappa shape index (κ3) is 6.00. The van der Waals surface area contributed by atoms with E-state index in [1.807, 2.05) is 69.3 Å². The normalized spacial score (nSPS) is 17.9. The summed E-state index contributed by atoms with van der Waals surface area (Å²) in [6.45, 7) is 5.72. The third-order valence-electron chi connectivity index (χ3n) is 8.77. The summed E-state index contributed by atoms with van der Waals surface area (Å²) in [6.07, 6.45) is 6.97. The van der Waals surface area contributed by atoms with Crippen molar-refractivity contribution in [1.29, 1.82) is 5.26 Å². The Morgan fingerprint density at radius 3 is 2.20 bits per heavy atom. The lowest BCUT2D eigenvalue weighted by molar-refractivity contribution is -0.132. The predicted octanol–water partition coefficient (Wildman–Crippen LogP) is 9.01. The average Bonchev–Trinajstić information content (AvgIpc) is 3.63. The van der Waals surface area contributed by atoms with Gasteiger partial charge in [0.1, 0.15) is 11.6 Å². The SMILES string of the molecule is CC(C)(C)N([O])c1ccc(/C(=C/c2ccc(N3c4ccc(/C=C(\C#N)C(=O)O)cc4C4CCCC43)cc2)c2ccccc2)cc1. The van der Waals surface area contributed by atoms with Crippen molar-refractivity contribution in [3.63, 3.8) is 0 Å². The number of hydrogen-bond donors (Lipinski definition) is 1.